The molecule has 0 unspecified atom stereocenters. The molecule has 1 aliphatic heterocycles. The van der Waals surface area contributed by atoms with Gasteiger partial charge in [-0.05, 0) is 36.2 Å². The van der Waals surface area contributed by atoms with Gasteiger partial charge < -0.3 is 10.5 Å². The minimum absolute atomic E-state index is 0.107. The van der Waals surface area contributed by atoms with Crippen molar-refractivity contribution in [2.75, 3.05) is 0 Å². The summed E-state index contributed by atoms with van der Waals surface area (Å²) in [6.07, 6.45) is 2.00. The molecule has 5 rings (SSSR count). The second kappa shape index (κ2) is 8.26. The zero-order valence-corrected chi connectivity index (χ0v) is 19.6. The summed E-state index contributed by atoms with van der Waals surface area (Å²) >= 11 is 11.1. The third-order valence-electron chi connectivity index (χ3n) is 5.56. The topological polar surface area (TPSA) is 65.2 Å². The lowest BCUT2D eigenvalue weighted by molar-refractivity contribution is -0.116. The van der Waals surface area contributed by atoms with Gasteiger partial charge in [-0.1, -0.05) is 51.8 Å². The first kappa shape index (κ1) is 20.5. The van der Waals surface area contributed by atoms with Crippen molar-refractivity contribution in [3.8, 4) is 11.3 Å². The van der Waals surface area contributed by atoms with Crippen LogP contribution >= 0.6 is 38.9 Å². The average Bonchev–Trinajstić information content (AvgIpc) is 3.24. The van der Waals surface area contributed by atoms with Crippen molar-refractivity contribution in [2.24, 2.45) is 5.73 Å². The standard InChI is InChI=1S/C24H18BrClN2O2S/c25-15-8-4-13(5-9-15)17-12-31-24(28-17)22-20(14-6-10-16(26)11-7-14)21-18(29)2-1-3-19(21)30-23(22)27/h4-12,20H,1-3,27H2/t20-/m0/s1. The molecule has 0 radical (unpaired) electrons. The summed E-state index contributed by atoms with van der Waals surface area (Å²) in [6, 6.07) is 15.6. The van der Waals surface area contributed by atoms with Crippen molar-refractivity contribution in [2.45, 2.75) is 25.2 Å². The molecule has 2 aliphatic rings. The molecule has 1 aliphatic carbocycles. The van der Waals surface area contributed by atoms with Crippen molar-refractivity contribution in [1.29, 1.82) is 0 Å². The Morgan fingerprint density at radius 1 is 1.06 bits per heavy atom. The first-order chi connectivity index (χ1) is 15.0. The number of ether oxygens (including phenoxy) is 1. The van der Waals surface area contributed by atoms with Gasteiger partial charge in [0, 0.05) is 44.8 Å². The van der Waals surface area contributed by atoms with Gasteiger partial charge in [0.2, 0.25) is 0 Å². The molecule has 1 atom stereocenters. The summed E-state index contributed by atoms with van der Waals surface area (Å²) in [5.74, 6) is 0.779. The Morgan fingerprint density at radius 3 is 2.55 bits per heavy atom. The van der Waals surface area contributed by atoms with Crippen LogP contribution in [-0.4, -0.2) is 10.8 Å². The molecule has 3 aromatic rings. The molecule has 0 amide bonds. The van der Waals surface area contributed by atoms with Crippen LogP contribution in [0.25, 0.3) is 16.8 Å². The van der Waals surface area contributed by atoms with Crippen LogP contribution < -0.4 is 5.73 Å². The van der Waals surface area contributed by atoms with Gasteiger partial charge in [0.15, 0.2) is 11.7 Å². The minimum Gasteiger partial charge on any atom is -0.445 e. The van der Waals surface area contributed by atoms with Crippen LogP contribution in [0.3, 0.4) is 0 Å². The molecule has 2 N–H and O–H groups in total. The number of aromatic nitrogens is 1. The Morgan fingerprint density at radius 2 is 1.81 bits per heavy atom. The third-order valence-corrected chi connectivity index (χ3v) is 7.22. The highest BCUT2D eigenvalue weighted by atomic mass is 79.9. The molecule has 0 bridgehead atoms. The Kier molecular flexibility index (Phi) is 5.46. The monoisotopic (exact) mass is 512 g/mol. The molecular weight excluding hydrogens is 496 g/mol. The lowest BCUT2D eigenvalue weighted by Gasteiger charge is -2.32. The van der Waals surface area contributed by atoms with Gasteiger partial charge in [0.1, 0.15) is 10.8 Å². The minimum atomic E-state index is -0.322. The van der Waals surface area contributed by atoms with Crippen LogP contribution in [0.2, 0.25) is 5.02 Å². The lowest BCUT2D eigenvalue weighted by atomic mass is 9.77. The van der Waals surface area contributed by atoms with Crippen LogP contribution in [0.1, 0.15) is 35.8 Å². The zero-order chi connectivity index (χ0) is 21.5. The average molecular weight is 514 g/mol. The van der Waals surface area contributed by atoms with E-state index in [0.29, 0.717) is 35.1 Å². The van der Waals surface area contributed by atoms with Crippen molar-refractivity contribution < 1.29 is 9.53 Å². The molecule has 4 nitrogen and oxygen atoms in total. The molecule has 156 valence electrons. The number of ketones is 1. The Labute approximate surface area is 197 Å². The number of nitrogens with two attached hydrogens (primary N) is 1. The predicted octanol–water partition coefficient (Wildman–Crippen LogP) is 6.67. The summed E-state index contributed by atoms with van der Waals surface area (Å²) in [4.78, 5) is 17.8. The molecule has 0 fully saturated rings. The maximum Gasteiger partial charge on any atom is 0.197 e. The Bertz CT molecular complexity index is 1230. The molecule has 2 heterocycles. The van der Waals surface area contributed by atoms with Crippen molar-refractivity contribution in [3.63, 3.8) is 0 Å². The van der Waals surface area contributed by atoms with E-state index in [0.717, 1.165) is 38.3 Å². The predicted molar refractivity (Wildman–Crippen MR) is 128 cm³/mol. The summed E-state index contributed by atoms with van der Waals surface area (Å²) in [5.41, 5.74) is 10.7. The van der Waals surface area contributed by atoms with Crippen molar-refractivity contribution in [1.82, 2.24) is 4.98 Å². The van der Waals surface area contributed by atoms with E-state index in [4.69, 9.17) is 27.1 Å². The van der Waals surface area contributed by atoms with Gasteiger partial charge >= 0.3 is 0 Å². The maximum atomic E-state index is 13.0. The fourth-order valence-electron chi connectivity index (χ4n) is 4.10. The van der Waals surface area contributed by atoms with Gasteiger partial charge in [-0.25, -0.2) is 4.98 Å². The zero-order valence-electron chi connectivity index (χ0n) is 16.4. The van der Waals surface area contributed by atoms with Crippen LogP contribution in [0.4, 0.5) is 0 Å². The largest absolute Gasteiger partial charge is 0.445 e. The van der Waals surface area contributed by atoms with E-state index in [-0.39, 0.29) is 11.7 Å². The molecule has 0 saturated heterocycles. The highest BCUT2D eigenvalue weighted by molar-refractivity contribution is 9.10. The number of carbonyl (C=O) groups excluding carboxylic acids is 1. The molecular formula is C24H18BrClN2O2S. The van der Waals surface area contributed by atoms with Gasteiger partial charge in [0.25, 0.3) is 0 Å². The molecule has 0 spiro atoms. The first-order valence-electron chi connectivity index (χ1n) is 9.92. The van der Waals surface area contributed by atoms with E-state index in [1.807, 2.05) is 53.9 Å². The van der Waals surface area contributed by atoms with Gasteiger partial charge in [-0.15, -0.1) is 11.3 Å². The number of hydrogen-bond donors (Lipinski definition) is 1. The Hall–Kier alpha value is -2.41. The lowest BCUT2D eigenvalue weighted by Crippen LogP contribution is -2.27. The molecule has 1 aromatic heterocycles. The van der Waals surface area contributed by atoms with E-state index in [9.17, 15) is 4.79 Å². The number of carbonyl (C=O) groups is 1. The van der Waals surface area contributed by atoms with Crippen molar-refractivity contribution >= 4 is 50.2 Å². The fraction of sp³-hybridized carbons (Fsp3) is 0.167. The van der Waals surface area contributed by atoms with E-state index < -0.39 is 0 Å². The van der Waals surface area contributed by atoms with Crippen LogP contribution in [0.15, 0.2) is 75.6 Å². The molecule has 7 heteroatoms. The smallest absolute Gasteiger partial charge is 0.197 e. The van der Waals surface area contributed by atoms with Gasteiger partial charge in [0.05, 0.1) is 11.3 Å². The van der Waals surface area contributed by atoms with Crippen LogP contribution in [0.5, 0.6) is 0 Å². The van der Waals surface area contributed by atoms with Crippen LogP contribution in [-0.2, 0) is 9.53 Å². The number of thiazole rings is 1. The number of halogens is 2. The van der Waals surface area contributed by atoms with Crippen molar-refractivity contribution in [3.05, 3.63) is 91.2 Å². The SMILES string of the molecule is NC1=C(c2nc(-c3ccc(Br)cc3)cs2)[C@@H](c2ccc(Cl)cc2)C2=C(CCCC2=O)O1. The summed E-state index contributed by atoms with van der Waals surface area (Å²) < 4.78 is 7.00. The Balaban J connectivity index is 1.63. The summed E-state index contributed by atoms with van der Waals surface area (Å²) in [7, 11) is 0. The maximum absolute atomic E-state index is 13.0. The highest BCUT2D eigenvalue weighted by Crippen LogP contribution is 2.48. The van der Waals surface area contributed by atoms with Gasteiger partial charge in [-0.3, -0.25) is 4.79 Å². The fourth-order valence-corrected chi connectivity index (χ4v) is 5.40. The first-order valence-corrected chi connectivity index (χ1v) is 12.0. The van der Waals surface area contributed by atoms with E-state index in [2.05, 4.69) is 15.9 Å². The number of hydrogen-bond acceptors (Lipinski definition) is 5. The van der Waals surface area contributed by atoms with Gasteiger partial charge in [-0.2, -0.15) is 0 Å². The van der Waals surface area contributed by atoms with E-state index in [1.165, 1.54) is 11.3 Å². The summed E-state index contributed by atoms with van der Waals surface area (Å²) in [5, 5.41) is 3.40. The summed E-state index contributed by atoms with van der Waals surface area (Å²) in [6.45, 7) is 0. The van der Waals surface area contributed by atoms with E-state index >= 15 is 0 Å². The third kappa shape index (κ3) is 3.84. The normalized spacial score (nSPS) is 18.8. The van der Waals surface area contributed by atoms with Crippen LogP contribution in [0, 0.1) is 0 Å². The number of nitrogens with zero attached hydrogens (tertiary/aromatic N) is 1. The quantitative estimate of drug-likeness (QED) is 0.424. The molecule has 0 saturated carbocycles. The molecule has 31 heavy (non-hydrogen) atoms. The molecule has 2 aromatic carbocycles. The second-order valence-corrected chi connectivity index (χ2v) is 9.73. The van der Waals surface area contributed by atoms with E-state index in [1.54, 1.807) is 0 Å². The highest BCUT2D eigenvalue weighted by Gasteiger charge is 2.39. The second-order valence-electron chi connectivity index (χ2n) is 7.52. The number of rotatable bonds is 3. The number of allylic oxidation sites excluding steroid dienone is 3. The number of Topliss-reactive ketones (excluding diaryl/α,β-unsaturated/α-hetero) is 1. The number of benzene rings is 2.